The summed E-state index contributed by atoms with van der Waals surface area (Å²) in [7, 11) is 0. The summed E-state index contributed by atoms with van der Waals surface area (Å²) in [4.78, 5) is 29.0. The minimum absolute atomic E-state index is 0.169. The van der Waals surface area contributed by atoms with Crippen molar-refractivity contribution in [2.75, 3.05) is 12.4 Å². The average molecular weight is 456 g/mol. The second kappa shape index (κ2) is 12.2. The van der Waals surface area contributed by atoms with E-state index in [4.69, 9.17) is 4.74 Å². The lowest BCUT2D eigenvalue weighted by Crippen LogP contribution is -2.20. The Bertz CT molecular complexity index is 1020. The maximum atomic E-state index is 12.5. The lowest BCUT2D eigenvalue weighted by molar-refractivity contribution is -0.118. The van der Waals surface area contributed by atoms with Crippen LogP contribution < -0.4 is 10.2 Å². The molecule has 0 aliphatic heterocycles. The monoisotopic (exact) mass is 455 g/mol. The van der Waals surface area contributed by atoms with Gasteiger partial charge < -0.3 is 4.74 Å². The number of unbranched alkanes of at least 4 members (excludes halogenated alkanes) is 3. The summed E-state index contributed by atoms with van der Waals surface area (Å²) in [6.07, 6.45) is 5.51. The largest absolute Gasteiger partial charge is 0.493 e. The Morgan fingerprint density at radius 3 is 2.77 bits per heavy atom. The van der Waals surface area contributed by atoms with Crippen molar-refractivity contribution in [2.45, 2.75) is 36.9 Å². The second-order valence-electron chi connectivity index (χ2n) is 6.80. The Kier molecular flexibility index (Phi) is 9.05. The molecule has 1 amide bonds. The van der Waals surface area contributed by atoms with Crippen molar-refractivity contribution in [3.05, 3.63) is 54.1 Å². The van der Waals surface area contributed by atoms with Crippen LogP contribution in [0.5, 0.6) is 5.75 Å². The second-order valence-corrected chi connectivity index (χ2v) is 9.05. The van der Waals surface area contributed by atoms with E-state index in [0.29, 0.717) is 17.9 Å². The van der Waals surface area contributed by atoms with E-state index >= 15 is 0 Å². The van der Waals surface area contributed by atoms with Gasteiger partial charge in [0.1, 0.15) is 5.75 Å². The minimum Gasteiger partial charge on any atom is -0.493 e. The molecule has 0 radical (unpaired) electrons. The number of ether oxygens (including phenoxy) is 1. The Balaban J connectivity index is 1.46. The van der Waals surface area contributed by atoms with Crippen LogP contribution in [0.15, 0.2) is 58.0 Å². The molecule has 0 saturated heterocycles. The van der Waals surface area contributed by atoms with Gasteiger partial charge in [0.05, 0.1) is 34.4 Å². The fourth-order valence-electron chi connectivity index (χ4n) is 2.81. The summed E-state index contributed by atoms with van der Waals surface area (Å²) in [5.74, 6) is 0.0910. The highest BCUT2D eigenvalue weighted by molar-refractivity contribution is 8.01. The maximum absolute atomic E-state index is 12.5. The maximum Gasteiger partial charge on any atom is 0.250 e. The van der Waals surface area contributed by atoms with E-state index in [0.717, 1.165) is 40.0 Å². The predicted octanol–water partition coefficient (Wildman–Crippen LogP) is 5.33. The van der Waals surface area contributed by atoms with Crippen LogP contribution in [0.3, 0.4) is 0 Å². The fourth-order valence-corrected chi connectivity index (χ4v) is 4.67. The van der Waals surface area contributed by atoms with Crippen molar-refractivity contribution in [2.24, 2.45) is 5.10 Å². The first-order valence-electron chi connectivity index (χ1n) is 10.2. The van der Waals surface area contributed by atoms with E-state index in [1.54, 1.807) is 29.5 Å². The molecular weight excluding hydrogens is 430 g/mol. The SMILES string of the molecule is CCCCCCOc1ccccc1C(=O)/C=N\NC(=O)CSc1nc2ccccc2s1. The van der Waals surface area contributed by atoms with Gasteiger partial charge in [0.25, 0.3) is 5.91 Å². The molecule has 3 rings (SSSR count). The van der Waals surface area contributed by atoms with Gasteiger partial charge in [-0.1, -0.05) is 62.2 Å². The Labute approximate surface area is 190 Å². The number of aromatic nitrogens is 1. The molecule has 0 unspecified atom stereocenters. The van der Waals surface area contributed by atoms with Gasteiger partial charge in [0, 0.05) is 0 Å². The molecule has 31 heavy (non-hydrogen) atoms. The van der Waals surface area contributed by atoms with Crippen LogP contribution in [0, 0.1) is 0 Å². The van der Waals surface area contributed by atoms with Crippen molar-refractivity contribution >= 4 is 51.2 Å². The molecule has 0 spiro atoms. The number of fused-ring (bicyclic) bond motifs is 1. The molecule has 0 atom stereocenters. The standard InChI is InChI=1S/C23H25N3O3S2/c1-2-3-4-9-14-29-20-12-7-5-10-17(20)19(27)15-24-26-22(28)16-30-23-25-18-11-6-8-13-21(18)31-23/h5-8,10-13,15H,2-4,9,14,16H2,1H3,(H,26,28)/b24-15-. The van der Waals surface area contributed by atoms with Gasteiger partial charge in [0.2, 0.25) is 5.78 Å². The highest BCUT2D eigenvalue weighted by Crippen LogP contribution is 2.29. The Morgan fingerprint density at radius 1 is 1.13 bits per heavy atom. The number of carbonyl (C=O) groups is 2. The third kappa shape index (κ3) is 7.18. The van der Waals surface area contributed by atoms with Crippen LogP contribution in [0.25, 0.3) is 10.2 Å². The minimum atomic E-state index is -0.316. The molecule has 162 valence electrons. The zero-order valence-corrected chi connectivity index (χ0v) is 19.0. The summed E-state index contributed by atoms with van der Waals surface area (Å²) >= 11 is 2.89. The summed E-state index contributed by atoms with van der Waals surface area (Å²) in [5, 5.41) is 3.80. The van der Waals surface area contributed by atoms with Gasteiger partial charge in [0.15, 0.2) is 4.34 Å². The third-order valence-corrected chi connectivity index (χ3v) is 6.56. The number of amides is 1. The van der Waals surface area contributed by atoms with Crippen molar-refractivity contribution in [3.63, 3.8) is 0 Å². The first-order valence-corrected chi connectivity index (χ1v) is 12.0. The van der Waals surface area contributed by atoms with E-state index in [-0.39, 0.29) is 17.4 Å². The van der Waals surface area contributed by atoms with E-state index in [1.165, 1.54) is 18.2 Å². The molecule has 2 aromatic carbocycles. The number of thiazole rings is 1. The van der Waals surface area contributed by atoms with Crippen molar-refractivity contribution in [3.8, 4) is 5.75 Å². The number of benzene rings is 2. The van der Waals surface area contributed by atoms with E-state index in [2.05, 4.69) is 22.4 Å². The number of hydrogen-bond acceptors (Lipinski definition) is 7. The van der Waals surface area contributed by atoms with Crippen LogP contribution in [-0.4, -0.2) is 35.2 Å². The van der Waals surface area contributed by atoms with Gasteiger partial charge in [-0.2, -0.15) is 5.10 Å². The number of hydrogen-bond donors (Lipinski definition) is 1. The number of nitrogens with zero attached hydrogens (tertiary/aromatic N) is 2. The lowest BCUT2D eigenvalue weighted by atomic mass is 10.1. The zero-order chi connectivity index (χ0) is 21.9. The summed E-state index contributed by atoms with van der Waals surface area (Å²) in [5.41, 5.74) is 3.75. The predicted molar refractivity (Wildman–Crippen MR) is 127 cm³/mol. The topological polar surface area (TPSA) is 80.6 Å². The highest BCUT2D eigenvalue weighted by Gasteiger charge is 2.11. The van der Waals surface area contributed by atoms with Crippen molar-refractivity contribution in [1.29, 1.82) is 0 Å². The van der Waals surface area contributed by atoms with Gasteiger partial charge >= 0.3 is 0 Å². The Morgan fingerprint density at radius 2 is 1.94 bits per heavy atom. The van der Waals surface area contributed by atoms with Crippen LogP contribution in [0.1, 0.15) is 43.0 Å². The normalized spacial score (nSPS) is 11.1. The summed E-state index contributed by atoms with van der Waals surface area (Å²) in [6, 6.07) is 14.9. The number of nitrogens with one attached hydrogen (secondary N) is 1. The molecule has 1 aromatic heterocycles. The van der Waals surface area contributed by atoms with Crippen LogP contribution in [-0.2, 0) is 4.79 Å². The van der Waals surface area contributed by atoms with Crippen LogP contribution in [0.2, 0.25) is 0 Å². The number of ketones is 1. The molecule has 6 nitrogen and oxygen atoms in total. The number of hydrazone groups is 1. The molecule has 1 N–H and O–H groups in total. The molecule has 0 aliphatic carbocycles. The first kappa shape index (κ1) is 23.0. The number of Topliss-reactive ketones (excluding diaryl/α,β-unsaturated/α-hetero) is 1. The van der Waals surface area contributed by atoms with Gasteiger partial charge in [-0.15, -0.1) is 11.3 Å². The van der Waals surface area contributed by atoms with E-state index < -0.39 is 0 Å². The number of para-hydroxylation sites is 2. The quantitative estimate of drug-likeness (QED) is 0.131. The van der Waals surface area contributed by atoms with Gasteiger partial charge in [-0.3, -0.25) is 9.59 Å². The molecule has 0 saturated carbocycles. The molecule has 3 aromatic rings. The number of rotatable bonds is 12. The molecule has 0 bridgehead atoms. The summed E-state index contributed by atoms with van der Waals surface area (Å²) < 4.78 is 7.67. The van der Waals surface area contributed by atoms with E-state index in [1.807, 2.05) is 30.3 Å². The fraction of sp³-hybridized carbons (Fsp3) is 0.304. The van der Waals surface area contributed by atoms with E-state index in [9.17, 15) is 9.59 Å². The Hall–Kier alpha value is -2.71. The number of carbonyl (C=O) groups excluding carboxylic acids is 2. The lowest BCUT2D eigenvalue weighted by Gasteiger charge is -2.09. The molecule has 1 heterocycles. The summed E-state index contributed by atoms with van der Waals surface area (Å²) in [6.45, 7) is 2.73. The van der Waals surface area contributed by atoms with Gasteiger partial charge in [-0.05, 0) is 30.7 Å². The highest BCUT2D eigenvalue weighted by atomic mass is 32.2. The first-order chi connectivity index (χ1) is 15.2. The van der Waals surface area contributed by atoms with Crippen LogP contribution in [0.4, 0.5) is 0 Å². The van der Waals surface area contributed by atoms with Crippen LogP contribution >= 0.6 is 23.1 Å². The van der Waals surface area contributed by atoms with Crippen molar-refractivity contribution < 1.29 is 14.3 Å². The smallest absolute Gasteiger partial charge is 0.250 e. The third-order valence-electron chi connectivity index (χ3n) is 4.38. The zero-order valence-electron chi connectivity index (χ0n) is 17.4. The number of thioether (sulfide) groups is 1. The molecule has 8 heteroatoms. The van der Waals surface area contributed by atoms with Gasteiger partial charge in [-0.25, -0.2) is 10.4 Å². The van der Waals surface area contributed by atoms with Crippen molar-refractivity contribution in [1.82, 2.24) is 10.4 Å². The molecule has 0 fully saturated rings. The average Bonchev–Trinajstić information content (AvgIpc) is 3.21. The molecule has 0 aliphatic rings. The molecular formula is C23H25N3O3S2.